The zero-order valence-corrected chi connectivity index (χ0v) is 11.3. The molecular weight excluding hydrogens is 323 g/mol. The largest absolute Gasteiger partial charge is 0.435 e. The average molecular weight is 329 g/mol. The zero-order chi connectivity index (χ0) is 15.7. The van der Waals surface area contributed by atoms with E-state index in [4.69, 9.17) is 4.42 Å². The number of carbonyl (C=O) groups excluding carboxylic acids is 1. The van der Waals surface area contributed by atoms with Crippen LogP contribution in [0.2, 0.25) is 0 Å². The van der Waals surface area contributed by atoms with Crippen molar-refractivity contribution in [1.82, 2.24) is 20.4 Å². The van der Waals surface area contributed by atoms with Crippen LogP contribution in [0.15, 0.2) is 28.0 Å². The molecule has 0 radical (unpaired) electrons. The third kappa shape index (κ3) is 2.83. The summed E-state index contributed by atoms with van der Waals surface area (Å²) in [5.74, 6) is -0.671. The number of hydrogen-bond donors (Lipinski definition) is 2. The number of halogens is 3. The van der Waals surface area contributed by atoms with Crippen LogP contribution in [-0.2, 0) is 6.18 Å². The summed E-state index contributed by atoms with van der Waals surface area (Å²) in [6, 6.07) is 3.89. The number of amides is 1. The molecule has 2 N–H and O–H groups in total. The lowest BCUT2D eigenvalue weighted by Gasteiger charge is -1.98. The maximum atomic E-state index is 12.4. The minimum atomic E-state index is -4.63. The van der Waals surface area contributed by atoms with E-state index >= 15 is 0 Å². The lowest BCUT2D eigenvalue weighted by molar-refractivity contribution is -0.141. The van der Waals surface area contributed by atoms with E-state index in [0.717, 1.165) is 0 Å². The van der Waals surface area contributed by atoms with Crippen molar-refractivity contribution in [2.45, 2.75) is 6.18 Å². The molecule has 11 heteroatoms. The highest BCUT2D eigenvalue weighted by atomic mass is 32.1. The van der Waals surface area contributed by atoms with Gasteiger partial charge in [0, 0.05) is 6.07 Å². The van der Waals surface area contributed by atoms with Gasteiger partial charge in [-0.2, -0.15) is 18.3 Å². The predicted octanol–water partition coefficient (Wildman–Crippen LogP) is 2.79. The van der Waals surface area contributed by atoms with Gasteiger partial charge in [-0.3, -0.25) is 15.2 Å². The zero-order valence-electron chi connectivity index (χ0n) is 10.5. The van der Waals surface area contributed by atoms with Crippen LogP contribution in [0, 0.1) is 0 Å². The van der Waals surface area contributed by atoms with Gasteiger partial charge >= 0.3 is 12.2 Å². The first-order valence-corrected chi connectivity index (χ1v) is 6.63. The summed E-state index contributed by atoms with van der Waals surface area (Å²) >= 11 is 1.36. The lowest BCUT2D eigenvalue weighted by atomic mass is 10.3. The third-order valence-corrected chi connectivity index (χ3v) is 3.35. The Bertz CT molecular complexity index is 793. The summed E-state index contributed by atoms with van der Waals surface area (Å²) in [5, 5.41) is 16.3. The highest BCUT2D eigenvalue weighted by Gasteiger charge is 2.34. The van der Waals surface area contributed by atoms with E-state index in [1.54, 1.807) is 17.5 Å². The summed E-state index contributed by atoms with van der Waals surface area (Å²) < 4.78 is 42.4. The molecule has 0 bridgehead atoms. The van der Waals surface area contributed by atoms with Gasteiger partial charge in [-0.05, 0) is 11.4 Å². The van der Waals surface area contributed by atoms with Crippen LogP contribution in [0.5, 0.6) is 0 Å². The number of nitrogens with zero attached hydrogens (tertiary/aromatic N) is 3. The Labute approximate surface area is 124 Å². The Balaban J connectivity index is 1.73. The number of nitrogens with one attached hydrogen (secondary N) is 2. The molecule has 0 aliphatic carbocycles. The molecule has 7 nitrogen and oxygen atoms in total. The van der Waals surface area contributed by atoms with E-state index in [1.807, 2.05) is 5.10 Å². The van der Waals surface area contributed by atoms with Crippen molar-refractivity contribution in [2.75, 3.05) is 5.32 Å². The third-order valence-electron chi connectivity index (χ3n) is 2.49. The van der Waals surface area contributed by atoms with Crippen LogP contribution >= 0.6 is 11.3 Å². The first kappa shape index (κ1) is 14.3. The van der Waals surface area contributed by atoms with Gasteiger partial charge in [0.1, 0.15) is 5.69 Å². The molecular formula is C11H6F3N5O2S. The van der Waals surface area contributed by atoms with Crippen molar-refractivity contribution >= 4 is 23.3 Å². The molecule has 0 saturated heterocycles. The van der Waals surface area contributed by atoms with E-state index in [0.29, 0.717) is 10.9 Å². The second-order valence-electron chi connectivity index (χ2n) is 4.01. The molecule has 114 valence electrons. The Kier molecular flexibility index (Phi) is 3.41. The van der Waals surface area contributed by atoms with Gasteiger partial charge in [0.25, 0.3) is 11.8 Å². The molecule has 0 aromatic carbocycles. The highest BCUT2D eigenvalue weighted by Crippen LogP contribution is 2.28. The minimum absolute atomic E-state index is 0.200. The van der Waals surface area contributed by atoms with Gasteiger partial charge in [0.15, 0.2) is 5.69 Å². The summed E-state index contributed by atoms with van der Waals surface area (Å²) in [6.45, 7) is 0. The van der Waals surface area contributed by atoms with Crippen molar-refractivity contribution in [3.05, 3.63) is 35.0 Å². The Morgan fingerprint density at radius 2 is 2.18 bits per heavy atom. The molecule has 3 heterocycles. The van der Waals surface area contributed by atoms with Crippen molar-refractivity contribution in [3.63, 3.8) is 0 Å². The topological polar surface area (TPSA) is 96.7 Å². The van der Waals surface area contributed by atoms with Gasteiger partial charge in [-0.15, -0.1) is 16.4 Å². The maximum absolute atomic E-state index is 12.4. The SMILES string of the molecule is O=C(Nc1nnc(-c2cccs2)o1)c1cc(C(F)(F)F)n[nH]1. The van der Waals surface area contributed by atoms with Crippen LogP contribution in [-0.4, -0.2) is 26.3 Å². The van der Waals surface area contributed by atoms with Crippen LogP contribution < -0.4 is 5.32 Å². The smallest absolute Gasteiger partial charge is 0.402 e. The fraction of sp³-hybridized carbons (Fsp3) is 0.0909. The van der Waals surface area contributed by atoms with Crippen LogP contribution in [0.4, 0.5) is 19.2 Å². The molecule has 0 aliphatic heterocycles. The quantitative estimate of drug-likeness (QED) is 0.770. The van der Waals surface area contributed by atoms with E-state index in [1.165, 1.54) is 11.3 Å². The van der Waals surface area contributed by atoms with Crippen molar-refractivity contribution in [3.8, 4) is 10.8 Å². The predicted molar refractivity (Wildman–Crippen MR) is 69.2 cm³/mol. The van der Waals surface area contributed by atoms with Crippen molar-refractivity contribution in [2.24, 2.45) is 0 Å². The normalized spacial score (nSPS) is 11.6. The number of carbonyl (C=O) groups is 1. The minimum Gasteiger partial charge on any atom is -0.402 e. The van der Waals surface area contributed by atoms with Gasteiger partial charge < -0.3 is 4.42 Å². The molecule has 3 rings (SSSR count). The number of anilines is 1. The summed E-state index contributed by atoms with van der Waals surface area (Å²) in [6.07, 6.45) is -4.63. The number of rotatable bonds is 3. The lowest BCUT2D eigenvalue weighted by Crippen LogP contribution is -2.12. The number of aromatic nitrogens is 4. The van der Waals surface area contributed by atoms with Crippen molar-refractivity contribution in [1.29, 1.82) is 0 Å². The molecule has 0 aliphatic rings. The molecule has 0 fully saturated rings. The fourth-order valence-corrected chi connectivity index (χ4v) is 2.17. The molecule has 3 aromatic heterocycles. The second kappa shape index (κ2) is 5.26. The average Bonchev–Trinajstić information content (AvgIpc) is 3.19. The maximum Gasteiger partial charge on any atom is 0.435 e. The number of aromatic amines is 1. The number of hydrogen-bond acceptors (Lipinski definition) is 6. The van der Waals surface area contributed by atoms with Crippen molar-refractivity contribution < 1.29 is 22.4 Å². The Morgan fingerprint density at radius 3 is 2.82 bits per heavy atom. The molecule has 0 saturated carbocycles. The van der Waals surface area contributed by atoms with E-state index in [-0.39, 0.29) is 17.6 Å². The standard InChI is InChI=1S/C11H6F3N5O2S/c12-11(13,14)7-4-5(16-17-7)8(20)15-10-19-18-9(21-10)6-2-1-3-22-6/h1-4H,(H,16,17)(H,15,19,20). The van der Waals surface area contributed by atoms with E-state index in [9.17, 15) is 18.0 Å². The number of H-pyrrole nitrogens is 1. The number of alkyl halides is 3. The number of thiophene rings is 1. The second-order valence-corrected chi connectivity index (χ2v) is 4.96. The Hall–Kier alpha value is -2.69. The van der Waals surface area contributed by atoms with Gasteiger partial charge in [-0.1, -0.05) is 11.2 Å². The molecule has 22 heavy (non-hydrogen) atoms. The first-order chi connectivity index (χ1) is 10.4. The Morgan fingerprint density at radius 1 is 1.36 bits per heavy atom. The fourth-order valence-electron chi connectivity index (χ4n) is 1.52. The molecule has 0 atom stereocenters. The van der Waals surface area contributed by atoms with Crippen LogP contribution in [0.25, 0.3) is 10.8 Å². The molecule has 0 spiro atoms. The van der Waals surface area contributed by atoms with Gasteiger partial charge in [0.05, 0.1) is 4.88 Å². The summed E-state index contributed by atoms with van der Waals surface area (Å²) in [5.41, 5.74) is -1.56. The molecule has 1 amide bonds. The van der Waals surface area contributed by atoms with Crippen LogP contribution in [0.3, 0.4) is 0 Å². The van der Waals surface area contributed by atoms with Crippen LogP contribution in [0.1, 0.15) is 16.2 Å². The van der Waals surface area contributed by atoms with Gasteiger partial charge in [-0.25, -0.2) is 0 Å². The molecule has 3 aromatic rings. The van der Waals surface area contributed by atoms with E-state index in [2.05, 4.69) is 20.6 Å². The highest BCUT2D eigenvalue weighted by molar-refractivity contribution is 7.13. The summed E-state index contributed by atoms with van der Waals surface area (Å²) in [7, 11) is 0. The van der Waals surface area contributed by atoms with Gasteiger partial charge in [0.2, 0.25) is 0 Å². The monoisotopic (exact) mass is 329 g/mol. The summed E-state index contributed by atoms with van der Waals surface area (Å²) in [4.78, 5) is 12.5. The first-order valence-electron chi connectivity index (χ1n) is 5.75. The van der Waals surface area contributed by atoms with E-state index < -0.39 is 17.8 Å². The molecule has 0 unspecified atom stereocenters.